The van der Waals surface area contributed by atoms with Gasteiger partial charge in [0.2, 0.25) is 0 Å². The molecule has 0 fully saturated rings. The highest BCUT2D eigenvalue weighted by Crippen LogP contribution is 2.50. The van der Waals surface area contributed by atoms with Crippen molar-refractivity contribution >= 4 is 92.9 Å². The number of carbonyl (C=O) groups is 2. The van der Waals surface area contributed by atoms with Crippen molar-refractivity contribution in [3.63, 3.8) is 0 Å². The molecule has 76 heavy (non-hydrogen) atoms. The van der Waals surface area contributed by atoms with E-state index in [-0.39, 0.29) is 11.8 Å². The van der Waals surface area contributed by atoms with E-state index in [2.05, 4.69) is 124 Å². The summed E-state index contributed by atoms with van der Waals surface area (Å²) in [6, 6.07) is 17.6. The molecule has 0 saturated carbocycles. The zero-order valence-electron chi connectivity index (χ0n) is 48.5. The lowest BCUT2D eigenvalue weighted by Crippen LogP contribution is -2.34. The fourth-order valence-electron chi connectivity index (χ4n) is 11.5. The van der Waals surface area contributed by atoms with Gasteiger partial charge in [0.1, 0.15) is 0 Å². The van der Waals surface area contributed by atoms with Crippen LogP contribution in [-0.2, 0) is 9.59 Å². The van der Waals surface area contributed by atoms with Crippen LogP contribution in [0.3, 0.4) is 0 Å². The van der Waals surface area contributed by atoms with Gasteiger partial charge >= 0.3 is 0 Å². The van der Waals surface area contributed by atoms with E-state index < -0.39 is 0 Å². The van der Waals surface area contributed by atoms with E-state index >= 15 is 9.59 Å². The van der Waals surface area contributed by atoms with Crippen molar-refractivity contribution in [3.05, 3.63) is 98.7 Å². The van der Waals surface area contributed by atoms with Crippen molar-refractivity contribution < 1.29 is 9.59 Å². The minimum absolute atomic E-state index is 0.0365. The first-order chi connectivity index (χ1) is 37.2. The Morgan fingerprint density at radius 3 is 0.895 bits per heavy atom. The average molecular weight is 1110 g/mol. The summed E-state index contributed by atoms with van der Waals surface area (Å²) >= 11 is 7.08. The van der Waals surface area contributed by atoms with Crippen LogP contribution in [0.4, 0.5) is 0 Å². The molecule has 6 rings (SSSR count). The number of amides is 2. The molecule has 2 amide bonds. The lowest BCUT2D eigenvalue weighted by Gasteiger charge is -2.29. The van der Waals surface area contributed by atoms with Crippen molar-refractivity contribution in [2.75, 3.05) is 13.1 Å². The van der Waals surface area contributed by atoms with Crippen LogP contribution < -0.4 is 0 Å². The molecule has 6 heterocycles. The molecule has 2 atom stereocenters. The molecule has 0 spiro atoms. The average Bonchev–Trinajstić information content (AvgIpc) is 4.36. The van der Waals surface area contributed by atoms with Gasteiger partial charge in [-0.1, -0.05) is 207 Å². The third kappa shape index (κ3) is 20.1. The number of fused-ring (bicyclic) bond motifs is 1. The molecule has 2 aliphatic heterocycles. The summed E-state index contributed by atoms with van der Waals surface area (Å²) in [5, 5.41) is 0. The molecule has 8 heteroatoms. The van der Waals surface area contributed by atoms with Crippen molar-refractivity contribution in [1.82, 2.24) is 9.80 Å². The van der Waals surface area contributed by atoms with Gasteiger partial charge in [-0.3, -0.25) is 9.59 Å². The van der Waals surface area contributed by atoms with Crippen LogP contribution in [0.25, 0.3) is 35.7 Å². The van der Waals surface area contributed by atoms with Crippen LogP contribution in [0.5, 0.6) is 0 Å². The number of aryl methyl sites for hydroxylation is 2. The summed E-state index contributed by atoms with van der Waals surface area (Å²) in [7, 11) is 0. The molecule has 0 aromatic carbocycles. The molecular weight excluding hydrogens is 1010 g/mol. The van der Waals surface area contributed by atoms with Gasteiger partial charge in [-0.05, 0) is 124 Å². The predicted molar refractivity (Wildman–Crippen MR) is 339 cm³/mol. The fraction of sp³-hybridized carbons (Fsp3) is 0.618. The van der Waals surface area contributed by atoms with Gasteiger partial charge in [-0.25, -0.2) is 0 Å². The summed E-state index contributed by atoms with van der Waals surface area (Å²) in [6.07, 6.45) is 49.4. The summed E-state index contributed by atoms with van der Waals surface area (Å²) in [4.78, 5) is 45.5. The van der Waals surface area contributed by atoms with E-state index in [0.717, 1.165) is 56.6 Å². The number of rotatable bonds is 42. The number of hydrogen-bond acceptors (Lipinski definition) is 6. The Labute approximate surface area is 479 Å². The summed E-state index contributed by atoms with van der Waals surface area (Å²) in [5.41, 5.74) is 3.04. The summed E-state index contributed by atoms with van der Waals surface area (Å²) < 4.78 is 0. The third-order valence-electron chi connectivity index (χ3n) is 16.0. The maximum absolute atomic E-state index is 15.9. The highest BCUT2D eigenvalue weighted by Gasteiger charge is 2.50. The van der Waals surface area contributed by atoms with Gasteiger partial charge in [0.05, 0.1) is 32.3 Å². The Balaban J connectivity index is 1.38. The quantitative estimate of drug-likeness (QED) is 0.0415. The van der Waals surface area contributed by atoms with E-state index in [1.54, 1.807) is 22.7 Å². The molecule has 0 radical (unpaired) electrons. The van der Waals surface area contributed by atoms with Crippen molar-refractivity contribution in [3.8, 4) is 0 Å². The van der Waals surface area contributed by atoms with E-state index in [0.29, 0.717) is 36.1 Å². The Kier molecular flexibility index (Phi) is 28.8. The third-order valence-corrected chi connectivity index (χ3v) is 20.0. The van der Waals surface area contributed by atoms with Crippen LogP contribution >= 0.6 is 45.3 Å². The molecule has 418 valence electrons. The van der Waals surface area contributed by atoms with Crippen molar-refractivity contribution in [2.45, 2.75) is 247 Å². The molecule has 0 saturated heterocycles. The van der Waals surface area contributed by atoms with Crippen LogP contribution in [-0.4, -0.2) is 34.7 Å². The molecular formula is C68H100N2O2S4. The number of carbonyl (C=O) groups excluding carboxylic acids is 2. The molecule has 2 aliphatic rings. The van der Waals surface area contributed by atoms with E-state index in [1.807, 2.05) is 22.7 Å². The molecule has 0 N–H and O–H groups in total. The van der Waals surface area contributed by atoms with Crippen molar-refractivity contribution in [1.29, 1.82) is 0 Å². The van der Waals surface area contributed by atoms with E-state index in [9.17, 15) is 0 Å². The first-order valence-corrected chi connectivity index (χ1v) is 34.3. The van der Waals surface area contributed by atoms with Crippen molar-refractivity contribution in [2.24, 2.45) is 11.8 Å². The largest absolute Gasteiger partial charge is 0.306 e. The maximum atomic E-state index is 15.9. The topological polar surface area (TPSA) is 40.6 Å². The van der Waals surface area contributed by atoms with Gasteiger partial charge in [-0.15, -0.1) is 45.3 Å². The highest BCUT2D eigenvalue weighted by molar-refractivity contribution is 7.15. The van der Waals surface area contributed by atoms with Crippen LogP contribution in [0, 0.1) is 25.7 Å². The molecule has 4 aromatic heterocycles. The molecule has 4 aromatic rings. The van der Waals surface area contributed by atoms with Gasteiger partial charge in [0.25, 0.3) is 11.8 Å². The Bertz CT molecular complexity index is 2250. The summed E-state index contributed by atoms with van der Waals surface area (Å²) in [6.45, 7) is 14.8. The minimum atomic E-state index is 0.0365. The van der Waals surface area contributed by atoms with Crippen LogP contribution in [0.15, 0.2) is 59.7 Å². The monoisotopic (exact) mass is 1100 g/mol. The molecule has 4 nitrogen and oxygen atoms in total. The molecule has 0 aliphatic carbocycles. The predicted octanol–water partition coefficient (Wildman–Crippen LogP) is 22.5. The number of unbranched alkanes of at least 4 members (excludes halogenated alkanes) is 24. The first kappa shape index (κ1) is 61.9. The fourth-order valence-corrected chi connectivity index (χ4v) is 15.0. The van der Waals surface area contributed by atoms with Gasteiger partial charge in [-0.2, -0.15) is 0 Å². The zero-order valence-corrected chi connectivity index (χ0v) is 51.7. The second-order valence-electron chi connectivity index (χ2n) is 22.6. The van der Waals surface area contributed by atoms with Gasteiger partial charge in [0.15, 0.2) is 0 Å². The zero-order chi connectivity index (χ0) is 53.7. The Hall–Kier alpha value is -3.30. The number of thiophene rings is 4. The number of hydrogen-bond donors (Lipinski definition) is 0. The van der Waals surface area contributed by atoms with Crippen LogP contribution in [0.1, 0.15) is 272 Å². The Morgan fingerprint density at radius 2 is 0.618 bits per heavy atom. The SMILES string of the molecule is CCCCCCCCCCC(CCCCCCCC)CN1C(=O)C2=C(c3ccc(/C=C/c4ccc(C)s4)s3)N(CC(CCCCCCCC)CCCCCCCCCC)C(=O)C2=C1c1ccc(/C=C/c2ccc(C)s2)s1. The van der Waals surface area contributed by atoms with Crippen LogP contribution in [0.2, 0.25) is 0 Å². The second kappa shape index (κ2) is 35.3. The van der Waals surface area contributed by atoms with Gasteiger partial charge < -0.3 is 9.80 Å². The Morgan fingerprint density at radius 1 is 0.355 bits per heavy atom. The number of nitrogens with zero attached hydrogens (tertiary/aromatic N) is 2. The molecule has 0 bridgehead atoms. The van der Waals surface area contributed by atoms with Gasteiger partial charge in [0, 0.05) is 42.4 Å². The minimum Gasteiger partial charge on any atom is -0.306 e. The smallest absolute Gasteiger partial charge is 0.261 e. The standard InChI is InChI=1S/C68H100N2O2S4/c1-7-11-15-19-23-25-29-33-37-55(35-31-27-21-17-13-9-3)51-69-65(61-49-47-59(75-61)45-43-57-41-39-53(5)73-57)63-64(67(69)71)66(62-50-48-60(76-62)46-44-58-42-40-54(6)74-58)70(68(63)72)52-56(36-32-28-22-18-14-10-4)38-34-30-26-24-20-16-12-8-2/h39-50,55-56H,7-38,51-52H2,1-6H3/b45-43+,46-44+. The second-order valence-corrected chi connectivity index (χ2v) is 27.5. The lowest BCUT2D eigenvalue weighted by molar-refractivity contribution is -0.124. The highest BCUT2D eigenvalue weighted by atomic mass is 32.1. The lowest BCUT2D eigenvalue weighted by atomic mass is 9.93. The maximum Gasteiger partial charge on any atom is 0.261 e. The van der Waals surface area contributed by atoms with E-state index in [4.69, 9.17) is 0 Å². The molecule has 2 unspecified atom stereocenters. The normalized spacial score (nSPS) is 14.9. The summed E-state index contributed by atoms with van der Waals surface area (Å²) in [5.74, 6) is 0.840. The van der Waals surface area contributed by atoms with E-state index in [1.165, 1.54) is 199 Å². The first-order valence-electron chi connectivity index (χ1n) is 31.1.